The number of hydrogen-bond donors (Lipinski definition) is 3. The van der Waals surface area contributed by atoms with Crippen molar-refractivity contribution < 1.29 is 36.6 Å². The lowest BCUT2D eigenvalue weighted by Crippen LogP contribution is -2.30. The molecule has 15 heteroatoms. The van der Waals surface area contributed by atoms with Crippen molar-refractivity contribution in [2.45, 2.75) is 36.4 Å². The van der Waals surface area contributed by atoms with E-state index in [2.05, 4.69) is 14.9 Å². The molecule has 39 heavy (non-hydrogen) atoms. The molecule has 0 saturated carbocycles. The normalized spacial score (nSPS) is 16.3. The van der Waals surface area contributed by atoms with E-state index < -0.39 is 22.2 Å². The number of aliphatic hydroxyl groups excluding tert-OH is 1. The number of anilines is 1. The summed E-state index contributed by atoms with van der Waals surface area (Å²) in [6, 6.07) is 11.1. The summed E-state index contributed by atoms with van der Waals surface area (Å²) in [6.07, 6.45) is -2.61. The maximum absolute atomic E-state index is 13.2. The van der Waals surface area contributed by atoms with Crippen LogP contribution in [-0.4, -0.2) is 71.4 Å². The summed E-state index contributed by atoms with van der Waals surface area (Å²) >= 11 is 2.84. The molecule has 1 aromatic carbocycles. The van der Waals surface area contributed by atoms with E-state index in [1.165, 1.54) is 15.6 Å². The first-order valence-electron chi connectivity index (χ1n) is 11.7. The Hall–Kier alpha value is -2.98. The third kappa shape index (κ3) is 6.61. The van der Waals surface area contributed by atoms with E-state index in [-0.39, 0.29) is 6.10 Å². The van der Waals surface area contributed by atoms with Crippen LogP contribution in [0.1, 0.15) is 18.2 Å². The number of aliphatic hydroxyl groups is 1. The van der Waals surface area contributed by atoms with Gasteiger partial charge in [0.05, 0.1) is 23.0 Å². The summed E-state index contributed by atoms with van der Waals surface area (Å²) in [5.74, 6) is -2.76. The zero-order valence-corrected chi connectivity index (χ0v) is 23.0. The number of H-pyrrole nitrogens is 1. The fraction of sp³-hybridized carbons (Fsp3) is 0.333. The Morgan fingerprint density at radius 3 is 2.62 bits per heavy atom. The highest BCUT2D eigenvalue weighted by atomic mass is 32.2. The van der Waals surface area contributed by atoms with Crippen LogP contribution in [0.15, 0.2) is 52.2 Å². The molecule has 9 nitrogen and oxygen atoms in total. The number of thiophene rings is 1. The number of aromatic amines is 1. The number of halogens is 3. The summed E-state index contributed by atoms with van der Waals surface area (Å²) in [4.78, 5) is 20.3. The van der Waals surface area contributed by atoms with Crippen LogP contribution in [0.25, 0.3) is 21.6 Å². The second kappa shape index (κ2) is 11.6. The van der Waals surface area contributed by atoms with Crippen LogP contribution < -0.4 is 4.31 Å². The van der Waals surface area contributed by atoms with Gasteiger partial charge in [-0.1, -0.05) is 18.2 Å². The summed E-state index contributed by atoms with van der Waals surface area (Å²) in [6.45, 7) is 4.56. The minimum absolute atomic E-state index is 0.235. The van der Waals surface area contributed by atoms with Crippen LogP contribution in [0.2, 0.25) is 0 Å². The first kappa shape index (κ1) is 29.0. The van der Waals surface area contributed by atoms with E-state index in [4.69, 9.17) is 9.90 Å². The smallest absolute Gasteiger partial charge is 0.475 e. The largest absolute Gasteiger partial charge is 0.490 e. The average Bonchev–Trinajstić information content (AvgIpc) is 3.67. The second-order valence-electron chi connectivity index (χ2n) is 8.64. The number of thiazole rings is 1. The number of aromatic nitrogens is 2. The number of carbonyl (C=O) groups is 1. The van der Waals surface area contributed by atoms with Crippen LogP contribution in [0.3, 0.4) is 0 Å². The lowest BCUT2D eigenvalue weighted by molar-refractivity contribution is -0.192. The molecule has 1 aliphatic heterocycles. The maximum atomic E-state index is 13.2. The number of hydrogen-bond acceptors (Lipinski definition) is 8. The van der Waals surface area contributed by atoms with Crippen LogP contribution in [0.5, 0.6) is 0 Å². The zero-order valence-electron chi connectivity index (χ0n) is 20.6. The first-order valence-corrected chi connectivity index (χ1v) is 14.9. The van der Waals surface area contributed by atoms with Gasteiger partial charge in [0.1, 0.15) is 9.22 Å². The van der Waals surface area contributed by atoms with Gasteiger partial charge in [-0.15, -0.1) is 22.7 Å². The van der Waals surface area contributed by atoms with Crippen molar-refractivity contribution in [1.29, 1.82) is 0 Å². The Morgan fingerprint density at radius 2 is 2.03 bits per heavy atom. The lowest BCUT2D eigenvalue weighted by Gasteiger charge is -2.22. The van der Waals surface area contributed by atoms with E-state index in [0.29, 0.717) is 23.0 Å². The highest BCUT2D eigenvalue weighted by molar-refractivity contribution is 7.94. The van der Waals surface area contributed by atoms with Crippen molar-refractivity contribution in [3.8, 4) is 10.7 Å². The number of nitrogens with zero attached hydrogens (tertiary/aromatic N) is 3. The molecule has 210 valence electrons. The van der Waals surface area contributed by atoms with Crippen LogP contribution >= 0.6 is 22.7 Å². The van der Waals surface area contributed by atoms with E-state index >= 15 is 0 Å². The van der Waals surface area contributed by atoms with Gasteiger partial charge in [0.25, 0.3) is 10.0 Å². The Labute approximate surface area is 230 Å². The van der Waals surface area contributed by atoms with Crippen LogP contribution in [-0.2, 0) is 21.4 Å². The molecule has 3 N–H and O–H groups in total. The SMILES string of the molecule is CCN(c1cccc2cc(-c3ncc(CN4CCC(O)C4)s3)[nH]c12)S(=O)(=O)c1cccs1.O=C(O)C(F)(F)F. The molecule has 0 spiro atoms. The van der Waals surface area contributed by atoms with Gasteiger partial charge in [-0.25, -0.2) is 18.2 Å². The van der Waals surface area contributed by atoms with E-state index in [9.17, 15) is 26.7 Å². The van der Waals surface area contributed by atoms with E-state index in [1.807, 2.05) is 37.4 Å². The van der Waals surface area contributed by atoms with E-state index in [1.54, 1.807) is 28.8 Å². The Kier molecular flexibility index (Phi) is 8.66. The number of carboxylic acid groups (broad SMARTS) is 1. The van der Waals surface area contributed by atoms with Crippen molar-refractivity contribution in [3.05, 3.63) is 52.9 Å². The van der Waals surface area contributed by atoms with Crippen molar-refractivity contribution in [3.63, 3.8) is 0 Å². The molecular weight excluding hydrogens is 577 g/mol. The number of sulfonamides is 1. The molecule has 0 radical (unpaired) electrons. The van der Waals surface area contributed by atoms with Crippen LogP contribution in [0, 0.1) is 0 Å². The number of aliphatic carboxylic acids is 1. The molecule has 1 aliphatic rings. The van der Waals surface area contributed by atoms with Gasteiger partial charge in [0.2, 0.25) is 0 Å². The van der Waals surface area contributed by atoms with Gasteiger partial charge in [-0.05, 0) is 36.9 Å². The van der Waals surface area contributed by atoms with Crippen LogP contribution in [0.4, 0.5) is 18.9 Å². The third-order valence-electron chi connectivity index (χ3n) is 5.88. The average molecular weight is 603 g/mol. The van der Waals surface area contributed by atoms with Crippen molar-refractivity contribution in [2.75, 3.05) is 23.9 Å². The summed E-state index contributed by atoms with van der Waals surface area (Å²) in [5.41, 5.74) is 2.28. The molecular formula is C24H25F3N4O5S3. The molecule has 0 bridgehead atoms. The first-order chi connectivity index (χ1) is 18.4. The molecule has 5 rings (SSSR count). The van der Waals surface area contributed by atoms with Crippen molar-refractivity contribution >= 4 is 55.3 Å². The number of fused-ring (bicyclic) bond motifs is 1. The molecule has 1 fully saturated rings. The molecule has 1 saturated heterocycles. The van der Waals surface area contributed by atoms with Gasteiger partial charge in [0.15, 0.2) is 0 Å². The summed E-state index contributed by atoms with van der Waals surface area (Å²) in [5, 5.41) is 20.5. The fourth-order valence-corrected chi connectivity index (χ4v) is 7.65. The zero-order chi connectivity index (χ0) is 28.4. The Morgan fingerprint density at radius 1 is 1.28 bits per heavy atom. The molecule has 0 amide bonds. The summed E-state index contributed by atoms with van der Waals surface area (Å²) < 4.78 is 60.0. The number of alkyl halides is 3. The lowest BCUT2D eigenvalue weighted by atomic mass is 10.2. The van der Waals surface area contributed by atoms with Gasteiger partial charge >= 0.3 is 12.1 Å². The molecule has 4 heterocycles. The minimum Gasteiger partial charge on any atom is -0.475 e. The van der Waals surface area contributed by atoms with Gasteiger partial charge < -0.3 is 15.2 Å². The van der Waals surface area contributed by atoms with Crippen molar-refractivity contribution in [1.82, 2.24) is 14.9 Å². The number of β-amino-alcohol motifs (C(OH)–C–C–N with tert-alkyl or cyclic N) is 1. The molecule has 4 aromatic rings. The quantitative estimate of drug-likeness (QED) is 0.278. The number of para-hydroxylation sites is 1. The predicted molar refractivity (Wildman–Crippen MR) is 144 cm³/mol. The Balaban J connectivity index is 0.000000448. The highest BCUT2D eigenvalue weighted by Crippen LogP contribution is 2.35. The number of rotatable bonds is 7. The monoisotopic (exact) mass is 602 g/mol. The highest BCUT2D eigenvalue weighted by Gasteiger charge is 2.38. The predicted octanol–water partition coefficient (Wildman–Crippen LogP) is 4.77. The number of likely N-dealkylation sites (tertiary alicyclic amines) is 1. The minimum atomic E-state index is -5.08. The van der Waals surface area contributed by atoms with Gasteiger partial charge in [-0.2, -0.15) is 13.2 Å². The molecule has 3 aromatic heterocycles. The fourth-order valence-electron chi connectivity index (χ4n) is 4.13. The summed E-state index contributed by atoms with van der Waals surface area (Å²) in [7, 11) is -3.63. The Bertz CT molecular complexity index is 1530. The van der Waals surface area contributed by atoms with Gasteiger partial charge in [0, 0.05) is 42.6 Å². The number of carboxylic acids is 1. The topological polar surface area (TPSA) is 127 Å². The maximum Gasteiger partial charge on any atom is 0.490 e. The third-order valence-corrected chi connectivity index (χ3v) is 10.2. The molecule has 0 aliphatic carbocycles. The number of benzene rings is 1. The second-order valence-corrected chi connectivity index (χ2v) is 12.8. The number of nitrogens with one attached hydrogen (secondary N) is 1. The van der Waals surface area contributed by atoms with Gasteiger partial charge in [-0.3, -0.25) is 9.21 Å². The van der Waals surface area contributed by atoms with Crippen molar-refractivity contribution in [2.24, 2.45) is 0 Å². The van der Waals surface area contributed by atoms with E-state index in [0.717, 1.165) is 46.0 Å². The standard InChI is InChI=1S/C22H24N4O3S3.C2HF3O2/c1-2-26(32(28,29)20-7-4-10-30-20)19-6-3-5-15-11-18(24-21(15)19)22-23-12-17(31-22)14-25-9-8-16(27)13-25;3-2(4,5)1(6)7/h3-7,10-12,16,24,27H,2,8-9,13-14H2,1H3;(H,6,7). The molecule has 1 atom stereocenters. The molecule has 1 unspecified atom stereocenters.